The molecule has 0 aromatic heterocycles. The standard InChI is InChI=1S/C44H57FN6O6Si/c1-29-40(58(2,3)45)38(24-39(53)50(21-22-52)27-30-9-5-4-6-10-30)57-44(29)36-23-35(49-42(55)33-12-8-20-47-26-33)17-18-37(36)51(43(44)56)28-31-13-15-34(16-14-31)48-41(54)32-11-7-19-46-25-32/h4-6,9-10,13-18,23,29,32-33,38,40,46-47,52H,7-8,11-12,19-22,24-28H2,1-3H3,(H,48,54)(H,49,55)/t29-,32?,33?,38+,40-,44+/m0/s1. The van der Waals surface area contributed by atoms with Crippen molar-refractivity contribution in [1.82, 2.24) is 15.5 Å². The van der Waals surface area contributed by atoms with Gasteiger partial charge in [0.15, 0.2) is 5.60 Å². The van der Waals surface area contributed by atoms with Crippen LogP contribution in [0.25, 0.3) is 0 Å². The molecule has 14 heteroatoms. The molecule has 6 atom stereocenters. The Bertz CT molecular complexity index is 1950. The number of fused-ring (bicyclic) bond motifs is 2. The Hall–Kier alpha value is -4.47. The molecule has 0 aliphatic carbocycles. The summed E-state index contributed by atoms with van der Waals surface area (Å²) >= 11 is 0. The van der Waals surface area contributed by atoms with Crippen LogP contribution < -0.4 is 26.2 Å². The minimum Gasteiger partial charge on any atom is -0.395 e. The van der Waals surface area contributed by atoms with Crippen LogP contribution in [-0.4, -0.2) is 87.5 Å². The van der Waals surface area contributed by atoms with Crippen molar-refractivity contribution in [3.8, 4) is 0 Å². The van der Waals surface area contributed by atoms with Crippen molar-refractivity contribution >= 4 is 49.1 Å². The number of ether oxygens (including phenoxy) is 1. The van der Waals surface area contributed by atoms with Gasteiger partial charge in [0, 0.05) is 54.6 Å². The summed E-state index contributed by atoms with van der Waals surface area (Å²) in [5.74, 6) is -1.74. The fourth-order valence-electron chi connectivity index (χ4n) is 9.52. The first-order valence-corrected chi connectivity index (χ1v) is 23.7. The molecule has 0 saturated carbocycles. The van der Waals surface area contributed by atoms with Gasteiger partial charge in [0.25, 0.3) is 5.91 Å². The Labute approximate surface area is 341 Å². The number of nitrogens with zero attached hydrogens (tertiary/aromatic N) is 2. The number of carbonyl (C=O) groups excluding carboxylic acids is 4. The zero-order chi connectivity index (χ0) is 41.0. The molecule has 3 fully saturated rings. The van der Waals surface area contributed by atoms with Crippen molar-refractivity contribution in [1.29, 1.82) is 0 Å². The van der Waals surface area contributed by atoms with Crippen LogP contribution in [0.4, 0.5) is 21.2 Å². The van der Waals surface area contributed by atoms with Gasteiger partial charge in [0.1, 0.15) is 0 Å². The second-order valence-electron chi connectivity index (χ2n) is 16.9. The summed E-state index contributed by atoms with van der Waals surface area (Å²) in [6, 6.07) is 22.3. The van der Waals surface area contributed by atoms with Crippen molar-refractivity contribution in [2.45, 2.75) is 82.5 Å². The van der Waals surface area contributed by atoms with Crippen LogP contribution in [0.15, 0.2) is 72.8 Å². The minimum atomic E-state index is -3.61. The van der Waals surface area contributed by atoms with Crippen molar-refractivity contribution in [2.75, 3.05) is 54.9 Å². The summed E-state index contributed by atoms with van der Waals surface area (Å²) in [6.45, 7) is 8.37. The summed E-state index contributed by atoms with van der Waals surface area (Å²) in [6.07, 6.45) is 2.38. The lowest BCUT2D eigenvalue weighted by Gasteiger charge is -2.31. The van der Waals surface area contributed by atoms with E-state index in [4.69, 9.17) is 4.74 Å². The maximum absolute atomic E-state index is 16.7. The summed E-state index contributed by atoms with van der Waals surface area (Å²) in [5.41, 5.74) is 1.65. The summed E-state index contributed by atoms with van der Waals surface area (Å²) in [5, 5.41) is 22.6. The van der Waals surface area contributed by atoms with Crippen molar-refractivity contribution in [3.05, 3.63) is 89.5 Å². The number of benzene rings is 3. The van der Waals surface area contributed by atoms with Gasteiger partial charge >= 0.3 is 0 Å². The Morgan fingerprint density at radius 3 is 2.12 bits per heavy atom. The summed E-state index contributed by atoms with van der Waals surface area (Å²) < 4.78 is 23.6. The number of amides is 4. The molecule has 0 bridgehead atoms. The number of anilines is 3. The number of halogens is 1. The van der Waals surface area contributed by atoms with E-state index in [9.17, 15) is 19.5 Å². The quantitative estimate of drug-likeness (QED) is 0.115. The van der Waals surface area contributed by atoms with Crippen LogP contribution >= 0.6 is 0 Å². The van der Waals surface area contributed by atoms with Gasteiger partial charge in [-0.3, -0.25) is 19.2 Å². The predicted molar refractivity (Wildman–Crippen MR) is 224 cm³/mol. The molecule has 58 heavy (non-hydrogen) atoms. The molecule has 310 valence electrons. The second kappa shape index (κ2) is 17.8. The van der Waals surface area contributed by atoms with Gasteiger partial charge in [-0.2, -0.15) is 0 Å². The van der Waals surface area contributed by atoms with Gasteiger partial charge in [-0.25, -0.2) is 0 Å². The lowest BCUT2D eigenvalue weighted by Crippen LogP contribution is -2.45. The second-order valence-corrected chi connectivity index (χ2v) is 20.7. The lowest BCUT2D eigenvalue weighted by molar-refractivity contribution is -0.150. The molecule has 7 rings (SSSR count). The molecule has 3 saturated heterocycles. The summed E-state index contributed by atoms with van der Waals surface area (Å²) in [4.78, 5) is 58.8. The minimum absolute atomic E-state index is 0.0259. The van der Waals surface area contributed by atoms with Crippen LogP contribution in [0, 0.1) is 17.8 Å². The van der Waals surface area contributed by atoms with Gasteiger partial charge in [-0.05, 0) is 93.3 Å². The first kappa shape index (κ1) is 41.7. The molecule has 3 aromatic rings. The number of piperidine rings is 2. The molecule has 2 unspecified atom stereocenters. The van der Waals surface area contributed by atoms with Gasteiger partial charge in [0.2, 0.25) is 26.1 Å². The predicted octanol–water partition coefficient (Wildman–Crippen LogP) is 5.30. The number of rotatable bonds is 13. The first-order chi connectivity index (χ1) is 27.9. The molecule has 1 spiro atoms. The van der Waals surface area contributed by atoms with Crippen molar-refractivity contribution in [3.63, 3.8) is 0 Å². The molecule has 5 N–H and O–H groups in total. The molecule has 4 aliphatic rings. The van der Waals surface area contributed by atoms with Crippen LogP contribution in [0.2, 0.25) is 18.6 Å². The number of aliphatic hydroxyl groups is 1. The number of nitrogens with one attached hydrogen (secondary N) is 4. The fourth-order valence-corrected chi connectivity index (χ4v) is 12.0. The maximum Gasteiger partial charge on any atom is 0.264 e. The van der Waals surface area contributed by atoms with E-state index in [1.807, 2.05) is 67.6 Å². The van der Waals surface area contributed by atoms with Crippen molar-refractivity contribution in [2.24, 2.45) is 17.8 Å². The third-order valence-corrected chi connectivity index (χ3v) is 14.9. The monoisotopic (exact) mass is 812 g/mol. The van der Waals surface area contributed by atoms with E-state index in [1.54, 1.807) is 35.0 Å². The topological polar surface area (TPSA) is 152 Å². The SMILES string of the molecule is C[C@H]1[C@H]([Si](C)(C)F)[C@@H](CC(=O)N(CCO)Cc2ccccc2)O[C@]12C(=O)N(Cc1ccc(NC(=O)C3CCCNC3)cc1)c1ccc(NC(=O)C3CCCNC3)cc12. The highest BCUT2D eigenvalue weighted by atomic mass is 28.4. The molecule has 3 aromatic carbocycles. The van der Waals surface area contributed by atoms with Crippen LogP contribution in [0.1, 0.15) is 55.7 Å². The average molecular weight is 813 g/mol. The molecule has 4 heterocycles. The zero-order valence-electron chi connectivity index (χ0n) is 33.8. The molecule has 4 aliphatic heterocycles. The average Bonchev–Trinajstić information content (AvgIpc) is 3.64. The van der Waals surface area contributed by atoms with E-state index in [0.29, 0.717) is 35.7 Å². The van der Waals surface area contributed by atoms with E-state index in [1.165, 1.54) is 0 Å². The number of hydrogen-bond donors (Lipinski definition) is 5. The van der Waals surface area contributed by atoms with Crippen LogP contribution in [0.5, 0.6) is 0 Å². The zero-order valence-corrected chi connectivity index (χ0v) is 34.8. The Morgan fingerprint density at radius 2 is 1.53 bits per heavy atom. The van der Waals surface area contributed by atoms with E-state index in [-0.39, 0.29) is 68.1 Å². The first-order valence-electron chi connectivity index (χ1n) is 20.8. The summed E-state index contributed by atoms with van der Waals surface area (Å²) in [7, 11) is -3.61. The highest BCUT2D eigenvalue weighted by Gasteiger charge is 2.67. The van der Waals surface area contributed by atoms with E-state index in [0.717, 1.165) is 49.9 Å². The normalized spacial score (nSPS) is 25.7. The van der Waals surface area contributed by atoms with Gasteiger partial charge < -0.3 is 45.0 Å². The highest BCUT2D eigenvalue weighted by Crippen LogP contribution is 2.60. The molecule has 12 nitrogen and oxygen atoms in total. The lowest BCUT2D eigenvalue weighted by atomic mass is 9.82. The fraction of sp³-hybridized carbons (Fsp3) is 0.500. The highest BCUT2D eigenvalue weighted by molar-refractivity contribution is 6.72. The Balaban J connectivity index is 1.19. The third kappa shape index (κ3) is 8.76. The maximum atomic E-state index is 16.7. The molecular weight excluding hydrogens is 756 g/mol. The Morgan fingerprint density at radius 1 is 0.914 bits per heavy atom. The van der Waals surface area contributed by atoms with E-state index in [2.05, 4.69) is 21.3 Å². The number of aliphatic hydroxyl groups excluding tert-OH is 1. The van der Waals surface area contributed by atoms with Gasteiger partial charge in [0.05, 0.1) is 43.2 Å². The largest absolute Gasteiger partial charge is 0.395 e. The van der Waals surface area contributed by atoms with Gasteiger partial charge in [-0.15, -0.1) is 0 Å². The number of carbonyl (C=O) groups is 4. The number of hydrogen-bond acceptors (Lipinski definition) is 8. The Kier molecular flexibility index (Phi) is 12.8. The van der Waals surface area contributed by atoms with E-state index < -0.39 is 31.6 Å². The smallest absolute Gasteiger partial charge is 0.264 e. The van der Waals surface area contributed by atoms with Crippen LogP contribution in [-0.2, 0) is 42.6 Å². The van der Waals surface area contributed by atoms with Crippen molar-refractivity contribution < 1.29 is 33.1 Å². The van der Waals surface area contributed by atoms with E-state index >= 15 is 8.90 Å². The van der Waals surface area contributed by atoms with Crippen LogP contribution in [0.3, 0.4) is 0 Å². The molecule has 0 radical (unpaired) electrons. The molecular formula is C44H57FN6O6Si. The van der Waals surface area contributed by atoms with Gasteiger partial charge in [-0.1, -0.05) is 49.4 Å². The third-order valence-electron chi connectivity index (χ3n) is 12.4. The molecule has 4 amide bonds.